The maximum Gasteiger partial charge on any atom is 0.221 e. The van der Waals surface area contributed by atoms with E-state index in [1.54, 1.807) is 0 Å². The molecule has 1 unspecified atom stereocenters. The number of rotatable bonds is 33. The standard InChI is InChI=1S/C42H76N2O/c1-5-7-9-11-13-15-17-19-21-23-25-27-29-31-33-35-37-41(43-42(45)39-40-44(3)4)38-36-34-32-30-28-26-24-22-20-18-16-14-12-10-8-6-2/h7,9,13-16,19-22,41H,5-6,8,10-12,17-18,23-40H2,1-4H3,(H,43,45)/b9-7-,15-13-,16-14-,21-19-,22-20-. The van der Waals surface area contributed by atoms with Crippen LogP contribution in [0.4, 0.5) is 0 Å². The number of hydrogen-bond acceptors (Lipinski definition) is 2. The number of nitrogens with zero attached hydrogens (tertiary/aromatic N) is 1. The third-order valence-electron chi connectivity index (χ3n) is 8.36. The predicted molar refractivity (Wildman–Crippen MR) is 203 cm³/mol. The monoisotopic (exact) mass is 625 g/mol. The Morgan fingerprint density at radius 3 is 1.38 bits per heavy atom. The predicted octanol–water partition coefficient (Wildman–Crippen LogP) is 12.6. The normalized spacial score (nSPS) is 13.2. The molecule has 0 saturated heterocycles. The zero-order valence-corrected chi connectivity index (χ0v) is 30.6. The molecule has 0 rings (SSSR count). The van der Waals surface area contributed by atoms with Crippen LogP contribution in [0, 0.1) is 0 Å². The van der Waals surface area contributed by atoms with E-state index >= 15 is 0 Å². The summed E-state index contributed by atoms with van der Waals surface area (Å²) in [6.45, 7) is 5.26. The highest BCUT2D eigenvalue weighted by molar-refractivity contribution is 5.76. The van der Waals surface area contributed by atoms with Crippen LogP contribution in [0.25, 0.3) is 0 Å². The molecule has 3 nitrogen and oxygen atoms in total. The lowest BCUT2D eigenvalue weighted by Gasteiger charge is -2.20. The van der Waals surface area contributed by atoms with Crippen LogP contribution in [0.5, 0.6) is 0 Å². The van der Waals surface area contributed by atoms with Crippen LogP contribution in [0.3, 0.4) is 0 Å². The maximum atomic E-state index is 12.5. The van der Waals surface area contributed by atoms with E-state index in [0.29, 0.717) is 12.5 Å². The summed E-state index contributed by atoms with van der Waals surface area (Å²) in [4.78, 5) is 14.6. The van der Waals surface area contributed by atoms with E-state index in [1.807, 2.05) is 14.1 Å². The molecule has 45 heavy (non-hydrogen) atoms. The van der Waals surface area contributed by atoms with Crippen molar-refractivity contribution in [3.05, 3.63) is 60.8 Å². The van der Waals surface area contributed by atoms with Crippen molar-refractivity contribution in [2.24, 2.45) is 0 Å². The zero-order valence-electron chi connectivity index (χ0n) is 30.6. The molecule has 0 bridgehead atoms. The summed E-state index contributed by atoms with van der Waals surface area (Å²) in [5, 5.41) is 3.38. The highest BCUT2D eigenvalue weighted by atomic mass is 16.1. The van der Waals surface area contributed by atoms with Crippen molar-refractivity contribution in [2.75, 3.05) is 20.6 Å². The summed E-state index contributed by atoms with van der Waals surface area (Å²) in [5.74, 6) is 0.227. The fraction of sp³-hybridized carbons (Fsp3) is 0.738. The third-order valence-corrected chi connectivity index (χ3v) is 8.36. The summed E-state index contributed by atoms with van der Waals surface area (Å²) in [6, 6.07) is 0.354. The van der Waals surface area contributed by atoms with E-state index in [-0.39, 0.29) is 5.91 Å². The van der Waals surface area contributed by atoms with Crippen molar-refractivity contribution in [3.63, 3.8) is 0 Å². The van der Waals surface area contributed by atoms with Crippen LogP contribution in [0.1, 0.15) is 174 Å². The van der Waals surface area contributed by atoms with Gasteiger partial charge in [0.15, 0.2) is 0 Å². The van der Waals surface area contributed by atoms with Crippen molar-refractivity contribution < 1.29 is 4.79 Å². The molecule has 0 radical (unpaired) electrons. The Morgan fingerprint density at radius 2 is 0.933 bits per heavy atom. The smallest absolute Gasteiger partial charge is 0.221 e. The van der Waals surface area contributed by atoms with Crippen LogP contribution in [-0.2, 0) is 4.79 Å². The number of allylic oxidation sites excluding steroid dienone is 10. The Morgan fingerprint density at radius 1 is 0.533 bits per heavy atom. The molecular weight excluding hydrogens is 548 g/mol. The van der Waals surface area contributed by atoms with Gasteiger partial charge in [0.1, 0.15) is 0 Å². The van der Waals surface area contributed by atoms with Crippen LogP contribution >= 0.6 is 0 Å². The lowest BCUT2D eigenvalue weighted by Crippen LogP contribution is -2.36. The molecule has 1 amide bonds. The Hall–Kier alpha value is -1.87. The van der Waals surface area contributed by atoms with Gasteiger partial charge in [-0.3, -0.25) is 4.79 Å². The summed E-state index contributed by atoms with van der Waals surface area (Å²) in [6.07, 6.45) is 53.6. The first-order valence-corrected chi connectivity index (χ1v) is 19.3. The summed E-state index contributed by atoms with van der Waals surface area (Å²) < 4.78 is 0. The molecule has 0 heterocycles. The number of hydrogen-bond donors (Lipinski definition) is 1. The second-order valence-electron chi connectivity index (χ2n) is 13.2. The summed E-state index contributed by atoms with van der Waals surface area (Å²) in [7, 11) is 4.08. The summed E-state index contributed by atoms with van der Waals surface area (Å²) >= 11 is 0. The van der Waals surface area contributed by atoms with Crippen LogP contribution < -0.4 is 5.32 Å². The maximum absolute atomic E-state index is 12.5. The summed E-state index contributed by atoms with van der Waals surface area (Å²) in [5.41, 5.74) is 0. The first kappa shape index (κ1) is 43.1. The van der Waals surface area contributed by atoms with E-state index < -0.39 is 0 Å². The lowest BCUT2D eigenvalue weighted by molar-refractivity contribution is -0.122. The van der Waals surface area contributed by atoms with Crippen molar-refractivity contribution in [1.29, 1.82) is 0 Å². The number of carbonyl (C=O) groups is 1. The number of amides is 1. The van der Waals surface area contributed by atoms with Gasteiger partial charge >= 0.3 is 0 Å². The molecule has 0 aliphatic heterocycles. The molecule has 0 aliphatic rings. The van der Waals surface area contributed by atoms with Crippen molar-refractivity contribution >= 4 is 5.91 Å². The van der Waals surface area contributed by atoms with Gasteiger partial charge < -0.3 is 10.2 Å². The van der Waals surface area contributed by atoms with Gasteiger partial charge in [0, 0.05) is 19.0 Å². The molecule has 0 aromatic heterocycles. The van der Waals surface area contributed by atoms with Gasteiger partial charge in [-0.05, 0) is 91.1 Å². The highest BCUT2D eigenvalue weighted by Gasteiger charge is 2.12. The van der Waals surface area contributed by atoms with E-state index in [9.17, 15) is 4.79 Å². The first-order valence-electron chi connectivity index (χ1n) is 19.3. The average Bonchev–Trinajstić information content (AvgIpc) is 3.03. The largest absolute Gasteiger partial charge is 0.353 e. The molecule has 0 aliphatic carbocycles. The van der Waals surface area contributed by atoms with Gasteiger partial charge in [-0.25, -0.2) is 0 Å². The fourth-order valence-electron chi connectivity index (χ4n) is 5.48. The molecule has 0 spiro atoms. The van der Waals surface area contributed by atoms with Crippen LogP contribution in [0.15, 0.2) is 60.8 Å². The van der Waals surface area contributed by atoms with E-state index in [1.165, 1.54) is 116 Å². The second kappa shape index (κ2) is 36.6. The van der Waals surface area contributed by atoms with E-state index in [0.717, 1.165) is 45.1 Å². The molecule has 0 aromatic rings. The van der Waals surface area contributed by atoms with E-state index in [2.05, 4.69) is 84.8 Å². The highest BCUT2D eigenvalue weighted by Crippen LogP contribution is 2.16. The Balaban J connectivity index is 3.98. The van der Waals surface area contributed by atoms with E-state index in [4.69, 9.17) is 0 Å². The molecule has 260 valence electrons. The molecule has 0 fully saturated rings. The Labute approximate surface area is 282 Å². The molecule has 1 N–H and O–H groups in total. The quantitative estimate of drug-likeness (QED) is 0.0582. The molecular formula is C42H76N2O. The zero-order chi connectivity index (χ0) is 32.9. The van der Waals surface area contributed by atoms with Gasteiger partial charge in [0.2, 0.25) is 5.91 Å². The minimum absolute atomic E-state index is 0.227. The Kier molecular flexibility index (Phi) is 35.1. The number of carbonyl (C=O) groups excluding carboxylic acids is 1. The number of unbranched alkanes of at least 4 members (excludes halogenated alkanes) is 15. The van der Waals surface area contributed by atoms with Gasteiger partial charge in [0.25, 0.3) is 0 Å². The first-order chi connectivity index (χ1) is 22.1. The molecule has 0 aromatic carbocycles. The van der Waals surface area contributed by atoms with Crippen molar-refractivity contribution in [2.45, 2.75) is 180 Å². The minimum atomic E-state index is 0.227. The number of nitrogens with one attached hydrogen (secondary N) is 1. The van der Waals surface area contributed by atoms with Gasteiger partial charge in [-0.1, -0.05) is 152 Å². The van der Waals surface area contributed by atoms with Crippen molar-refractivity contribution in [1.82, 2.24) is 10.2 Å². The second-order valence-corrected chi connectivity index (χ2v) is 13.2. The lowest BCUT2D eigenvalue weighted by atomic mass is 9.99. The minimum Gasteiger partial charge on any atom is -0.353 e. The van der Waals surface area contributed by atoms with Crippen molar-refractivity contribution in [3.8, 4) is 0 Å². The van der Waals surface area contributed by atoms with Crippen LogP contribution in [-0.4, -0.2) is 37.5 Å². The fourth-order valence-corrected chi connectivity index (χ4v) is 5.48. The third kappa shape index (κ3) is 36.5. The van der Waals surface area contributed by atoms with Gasteiger partial charge in [-0.15, -0.1) is 0 Å². The SMILES string of the molecule is CC/C=C\C/C=C\C/C=C\CCCCCCCCC(CCCCCCCC/C=C\C/C=C\CCCCC)NC(=O)CCN(C)C. The van der Waals surface area contributed by atoms with Gasteiger partial charge in [0.05, 0.1) is 0 Å². The van der Waals surface area contributed by atoms with Gasteiger partial charge in [-0.2, -0.15) is 0 Å². The van der Waals surface area contributed by atoms with Crippen LogP contribution in [0.2, 0.25) is 0 Å². The average molecular weight is 625 g/mol. The molecule has 1 atom stereocenters. The molecule has 0 saturated carbocycles. The Bertz CT molecular complexity index is 761. The topological polar surface area (TPSA) is 32.3 Å². The molecule has 3 heteroatoms.